The molecule has 0 aromatic heterocycles. The molecule has 2 heteroatoms. The summed E-state index contributed by atoms with van der Waals surface area (Å²) in [6, 6.07) is 8.65. The third kappa shape index (κ3) is 2.80. The first kappa shape index (κ1) is 12.7. The van der Waals surface area contributed by atoms with E-state index in [1.807, 2.05) is 0 Å². The molecule has 2 aliphatic rings. The molecule has 3 rings (SSSR count). The maximum absolute atomic E-state index is 3.67. The third-order valence-corrected chi connectivity index (χ3v) is 5.50. The van der Waals surface area contributed by atoms with Gasteiger partial charge >= 0.3 is 0 Å². The summed E-state index contributed by atoms with van der Waals surface area (Å²) in [6.07, 6.45) is 7.33. The van der Waals surface area contributed by atoms with E-state index in [4.69, 9.17) is 0 Å². The van der Waals surface area contributed by atoms with Gasteiger partial charge in [-0.05, 0) is 42.9 Å². The van der Waals surface area contributed by atoms with Gasteiger partial charge in [0.15, 0.2) is 0 Å². The Morgan fingerprint density at radius 3 is 2.67 bits per heavy atom. The van der Waals surface area contributed by atoms with E-state index >= 15 is 0 Å². The lowest BCUT2D eigenvalue weighted by atomic mass is 9.75. The van der Waals surface area contributed by atoms with Crippen LogP contribution < -0.4 is 0 Å². The van der Waals surface area contributed by atoms with Gasteiger partial charge in [0.05, 0.1) is 0 Å². The molecule has 98 valence electrons. The van der Waals surface area contributed by atoms with Crippen LogP contribution in [-0.2, 0) is 6.54 Å². The van der Waals surface area contributed by atoms with E-state index in [0.717, 1.165) is 18.4 Å². The predicted octanol–water partition coefficient (Wildman–Crippen LogP) is 4.46. The number of likely N-dealkylation sites (tertiary alicyclic amines) is 1. The van der Waals surface area contributed by atoms with Crippen LogP contribution in [0.5, 0.6) is 0 Å². The molecule has 1 heterocycles. The standard InChI is InChI=1S/C16H22BrN/c17-16-8-4-3-7-15(16)12-18-10-9-13-5-1-2-6-14(13)11-18/h3-4,7-8,13-14H,1-2,5-6,9-12H2. The fourth-order valence-corrected chi connectivity index (χ4v) is 4.10. The lowest BCUT2D eigenvalue weighted by Crippen LogP contribution is -2.41. The van der Waals surface area contributed by atoms with Crippen LogP contribution in [-0.4, -0.2) is 18.0 Å². The molecule has 18 heavy (non-hydrogen) atoms. The Morgan fingerprint density at radius 1 is 1.06 bits per heavy atom. The van der Waals surface area contributed by atoms with Gasteiger partial charge in [-0.15, -0.1) is 0 Å². The number of nitrogens with zero attached hydrogens (tertiary/aromatic N) is 1. The molecule has 0 N–H and O–H groups in total. The van der Waals surface area contributed by atoms with Gasteiger partial charge in [-0.25, -0.2) is 0 Å². The Labute approximate surface area is 119 Å². The van der Waals surface area contributed by atoms with Crippen molar-refractivity contribution in [2.24, 2.45) is 11.8 Å². The number of rotatable bonds is 2. The van der Waals surface area contributed by atoms with Crippen molar-refractivity contribution in [2.75, 3.05) is 13.1 Å². The highest BCUT2D eigenvalue weighted by Crippen LogP contribution is 2.36. The van der Waals surface area contributed by atoms with Gasteiger partial charge in [-0.2, -0.15) is 0 Å². The monoisotopic (exact) mass is 307 g/mol. The van der Waals surface area contributed by atoms with Gasteiger partial charge in [0, 0.05) is 17.6 Å². The van der Waals surface area contributed by atoms with E-state index in [-0.39, 0.29) is 0 Å². The van der Waals surface area contributed by atoms with E-state index in [9.17, 15) is 0 Å². The molecule has 1 aliphatic heterocycles. The largest absolute Gasteiger partial charge is 0.299 e. The molecule has 1 nitrogen and oxygen atoms in total. The van der Waals surface area contributed by atoms with Crippen molar-refractivity contribution in [3.05, 3.63) is 34.3 Å². The molecule has 2 unspecified atom stereocenters. The summed E-state index contributed by atoms with van der Waals surface area (Å²) in [7, 11) is 0. The minimum absolute atomic E-state index is 0.981. The third-order valence-electron chi connectivity index (χ3n) is 4.73. The van der Waals surface area contributed by atoms with Crippen molar-refractivity contribution in [3.8, 4) is 0 Å². The van der Waals surface area contributed by atoms with Crippen molar-refractivity contribution in [1.82, 2.24) is 4.90 Å². The van der Waals surface area contributed by atoms with E-state index in [1.165, 1.54) is 55.2 Å². The fourth-order valence-electron chi connectivity index (χ4n) is 3.69. The molecular weight excluding hydrogens is 286 g/mol. The summed E-state index contributed by atoms with van der Waals surface area (Å²) in [4.78, 5) is 2.66. The number of halogens is 1. The second-order valence-corrected chi connectivity index (χ2v) is 6.77. The molecule has 0 bridgehead atoms. The molecule has 1 aliphatic carbocycles. The van der Waals surface area contributed by atoms with Crippen LogP contribution in [0.2, 0.25) is 0 Å². The van der Waals surface area contributed by atoms with Gasteiger partial charge in [0.2, 0.25) is 0 Å². The first-order valence-electron chi connectivity index (χ1n) is 7.28. The van der Waals surface area contributed by atoms with Crippen LogP contribution >= 0.6 is 15.9 Å². The van der Waals surface area contributed by atoms with E-state index in [1.54, 1.807) is 0 Å². The average molecular weight is 308 g/mol. The maximum Gasteiger partial charge on any atom is 0.0245 e. The average Bonchev–Trinajstić information content (AvgIpc) is 2.41. The number of piperidine rings is 1. The molecule has 1 aromatic rings. The summed E-state index contributed by atoms with van der Waals surface area (Å²) in [5.74, 6) is 2.02. The Kier molecular flexibility index (Phi) is 4.05. The van der Waals surface area contributed by atoms with Crippen molar-refractivity contribution < 1.29 is 0 Å². The first-order chi connectivity index (χ1) is 8.83. The second-order valence-electron chi connectivity index (χ2n) is 5.92. The summed E-state index contributed by atoms with van der Waals surface area (Å²) >= 11 is 3.67. The molecule has 2 atom stereocenters. The Balaban J connectivity index is 1.63. The van der Waals surface area contributed by atoms with Crippen LogP contribution in [0.3, 0.4) is 0 Å². The number of hydrogen-bond donors (Lipinski definition) is 0. The zero-order valence-corrected chi connectivity index (χ0v) is 12.5. The topological polar surface area (TPSA) is 3.24 Å². The number of fused-ring (bicyclic) bond motifs is 1. The zero-order chi connectivity index (χ0) is 12.4. The van der Waals surface area contributed by atoms with Crippen molar-refractivity contribution in [1.29, 1.82) is 0 Å². The molecule has 0 radical (unpaired) electrons. The highest BCUT2D eigenvalue weighted by molar-refractivity contribution is 9.10. The number of hydrogen-bond acceptors (Lipinski definition) is 1. The molecule has 1 aromatic carbocycles. The highest BCUT2D eigenvalue weighted by atomic mass is 79.9. The fraction of sp³-hybridized carbons (Fsp3) is 0.625. The van der Waals surface area contributed by atoms with Crippen LogP contribution in [0.1, 0.15) is 37.7 Å². The highest BCUT2D eigenvalue weighted by Gasteiger charge is 2.30. The van der Waals surface area contributed by atoms with Crippen molar-refractivity contribution in [2.45, 2.75) is 38.6 Å². The van der Waals surface area contributed by atoms with Gasteiger partial charge in [0.25, 0.3) is 0 Å². The molecular formula is C16H22BrN. The lowest BCUT2D eigenvalue weighted by molar-refractivity contribution is 0.0819. The van der Waals surface area contributed by atoms with E-state index in [2.05, 4.69) is 45.1 Å². The Morgan fingerprint density at radius 2 is 1.83 bits per heavy atom. The second kappa shape index (κ2) is 5.75. The van der Waals surface area contributed by atoms with Crippen molar-refractivity contribution >= 4 is 15.9 Å². The molecule has 0 amide bonds. The van der Waals surface area contributed by atoms with E-state index in [0.29, 0.717) is 0 Å². The van der Waals surface area contributed by atoms with Crippen molar-refractivity contribution in [3.63, 3.8) is 0 Å². The van der Waals surface area contributed by atoms with Gasteiger partial charge in [0.1, 0.15) is 0 Å². The smallest absolute Gasteiger partial charge is 0.0245 e. The predicted molar refractivity (Wildman–Crippen MR) is 79.5 cm³/mol. The maximum atomic E-state index is 3.67. The van der Waals surface area contributed by atoms with Crippen LogP contribution in [0.15, 0.2) is 28.7 Å². The molecule has 1 saturated heterocycles. The molecule has 2 fully saturated rings. The molecule has 0 spiro atoms. The summed E-state index contributed by atoms with van der Waals surface area (Å²) in [5, 5.41) is 0. The SMILES string of the molecule is Brc1ccccc1CN1CCC2CCCCC2C1. The molecule has 1 saturated carbocycles. The quantitative estimate of drug-likeness (QED) is 0.779. The van der Waals surface area contributed by atoms with E-state index < -0.39 is 0 Å². The van der Waals surface area contributed by atoms with Crippen LogP contribution in [0, 0.1) is 11.8 Å². The van der Waals surface area contributed by atoms with Crippen LogP contribution in [0.4, 0.5) is 0 Å². The lowest BCUT2D eigenvalue weighted by Gasteiger charge is -2.41. The zero-order valence-electron chi connectivity index (χ0n) is 10.9. The Hall–Kier alpha value is -0.340. The summed E-state index contributed by atoms with van der Waals surface area (Å²) < 4.78 is 1.26. The normalized spacial score (nSPS) is 28.9. The van der Waals surface area contributed by atoms with Gasteiger partial charge < -0.3 is 0 Å². The summed E-state index contributed by atoms with van der Waals surface area (Å²) in [6.45, 7) is 3.74. The summed E-state index contributed by atoms with van der Waals surface area (Å²) in [5.41, 5.74) is 1.44. The van der Waals surface area contributed by atoms with Gasteiger partial charge in [-0.3, -0.25) is 4.90 Å². The minimum Gasteiger partial charge on any atom is -0.299 e. The Bertz CT molecular complexity index is 404. The van der Waals surface area contributed by atoms with Crippen LogP contribution in [0.25, 0.3) is 0 Å². The number of benzene rings is 1. The minimum atomic E-state index is 0.981. The van der Waals surface area contributed by atoms with Gasteiger partial charge in [-0.1, -0.05) is 53.4 Å². The first-order valence-corrected chi connectivity index (χ1v) is 8.08.